The standard InChI is InChI=1S/C9H15N3O4S/c1-9(2)6-7-11-12(9)8(13)10-4-3-5-17(14,15)16-7/h3-6H2,1-2H3,(H,10,13). The molecule has 0 saturated heterocycles. The van der Waals surface area contributed by atoms with Gasteiger partial charge in [0.25, 0.3) is 0 Å². The summed E-state index contributed by atoms with van der Waals surface area (Å²) in [6.07, 6.45) is 0.620. The molecule has 0 saturated carbocycles. The maximum absolute atomic E-state index is 11.8. The number of carbonyl (C=O) groups excluding carboxylic acids is 1. The van der Waals surface area contributed by atoms with Crippen molar-refractivity contribution >= 4 is 22.0 Å². The molecule has 2 rings (SSSR count). The Morgan fingerprint density at radius 1 is 1.47 bits per heavy atom. The highest BCUT2D eigenvalue weighted by Gasteiger charge is 2.41. The predicted molar refractivity (Wildman–Crippen MR) is 60.9 cm³/mol. The molecule has 0 radical (unpaired) electrons. The fraction of sp³-hybridized carbons (Fsp3) is 0.778. The molecule has 2 heterocycles. The van der Waals surface area contributed by atoms with E-state index >= 15 is 0 Å². The van der Waals surface area contributed by atoms with E-state index in [9.17, 15) is 13.2 Å². The van der Waals surface area contributed by atoms with Crippen molar-refractivity contribution in [3.63, 3.8) is 0 Å². The Kier molecular flexibility index (Phi) is 2.76. The molecule has 2 bridgehead atoms. The molecule has 0 aromatic heterocycles. The van der Waals surface area contributed by atoms with Gasteiger partial charge in [-0.3, -0.25) is 0 Å². The van der Waals surface area contributed by atoms with Crippen LogP contribution in [0.4, 0.5) is 4.79 Å². The number of nitrogens with zero attached hydrogens (tertiary/aromatic N) is 2. The second kappa shape index (κ2) is 3.86. The Hall–Kier alpha value is -1.31. The number of urea groups is 1. The van der Waals surface area contributed by atoms with Crippen LogP contribution in [0, 0.1) is 0 Å². The van der Waals surface area contributed by atoms with Crippen molar-refractivity contribution in [1.29, 1.82) is 0 Å². The van der Waals surface area contributed by atoms with E-state index in [1.54, 1.807) is 13.8 Å². The molecule has 2 aliphatic rings. The zero-order chi connectivity index (χ0) is 12.7. The van der Waals surface area contributed by atoms with Crippen LogP contribution in [0.15, 0.2) is 5.10 Å². The van der Waals surface area contributed by atoms with E-state index in [4.69, 9.17) is 4.18 Å². The summed E-state index contributed by atoms with van der Waals surface area (Å²) in [6, 6.07) is -0.326. The molecule has 96 valence electrons. The number of hydrogen-bond donors (Lipinski definition) is 1. The van der Waals surface area contributed by atoms with Crippen LogP contribution in [-0.2, 0) is 14.3 Å². The molecule has 2 aliphatic heterocycles. The normalized spacial score (nSPS) is 26.8. The monoisotopic (exact) mass is 261 g/mol. The zero-order valence-electron chi connectivity index (χ0n) is 9.76. The average Bonchev–Trinajstić information content (AvgIpc) is 2.45. The molecular weight excluding hydrogens is 246 g/mol. The molecule has 0 aromatic carbocycles. The summed E-state index contributed by atoms with van der Waals surface area (Å²) < 4.78 is 28.0. The van der Waals surface area contributed by atoms with Crippen LogP contribution in [0.25, 0.3) is 0 Å². The van der Waals surface area contributed by atoms with Gasteiger partial charge in [0.1, 0.15) is 0 Å². The zero-order valence-corrected chi connectivity index (χ0v) is 10.6. The number of carbonyl (C=O) groups is 1. The lowest BCUT2D eigenvalue weighted by atomic mass is 10.0. The minimum Gasteiger partial charge on any atom is -0.365 e. The van der Waals surface area contributed by atoms with Gasteiger partial charge in [-0.2, -0.15) is 8.42 Å². The first-order valence-electron chi connectivity index (χ1n) is 5.38. The van der Waals surface area contributed by atoms with Crippen LogP contribution < -0.4 is 5.32 Å². The van der Waals surface area contributed by atoms with Crippen molar-refractivity contribution in [2.75, 3.05) is 12.3 Å². The van der Waals surface area contributed by atoms with Crippen LogP contribution >= 0.6 is 0 Å². The molecule has 0 unspecified atom stereocenters. The van der Waals surface area contributed by atoms with E-state index < -0.39 is 15.7 Å². The van der Waals surface area contributed by atoms with Crippen LogP contribution in [0.2, 0.25) is 0 Å². The highest BCUT2D eigenvalue weighted by molar-refractivity contribution is 7.87. The SMILES string of the molecule is CC1(C)CC2=NN1C(=O)NCCCS(=O)(=O)O2. The summed E-state index contributed by atoms with van der Waals surface area (Å²) in [7, 11) is -3.59. The quantitative estimate of drug-likeness (QED) is 0.633. The van der Waals surface area contributed by atoms with E-state index in [-0.39, 0.29) is 17.7 Å². The molecule has 0 atom stereocenters. The van der Waals surface area contributed by atoms with Crippen LogP contribution in [0.1, 0.15) is 26.7 Å². The molecule has 0 aromatic rings. The van der Waals surface area contributed by atoms with Crippen LogP contribution in [-0.4, -0.2) is 43.2 Å². The fourth-order valence-corrected chi connectivity index (χ4v) is 2.77. The van der Waals surface area contributed by atoms with Crippen molar-refractivity contribution in [2.45, 2.75) is 32.2 Å². The molecule has 2 amide bonds. The summed E-state index contributed by atoms with van der Waals surface area (Å²) in [4.78, 5) is 11.8. The minimum atomic E-state index is -3.59. The second-order valence-corrected chi connectivity index (χ2v) is 6.42. The van der Waals surface area contributed by atoms with Crippen molar-refractivity contribution in [3.8, 4) is 0 Å². The smallest absolute Gasteiger partial charge is 0.338 e. The number of hydrazone groups is 1. The third kappa shape index (κ3) is 2.51. The molecule has 1 N–H and O–H groups in total. The summed E-state index contributed by atoms with van der Waals surface area (Å²) in [5, 5.41) is 7.79. The Bertz CT molecular complexity index is 469. The Balaban J connectivity index is 2.32. The molecule has 0 aliphatic carbocycles. The highest BCUT2D eigenvalue weighted by Crippen LogP contribution is 2.28. The lowest BCUT2D eigenvalue weighted by molar-refractivity contribution is 0.154. The number of rotatable bonds is 0. The molecule has 0 fully saturated rings. The minimum absolute atomic E-state index is 0.0760. The topological polar surface area (TPSA) is 88.1 Å². The molecule has 0 spiro atoms. The Morgan fingerprint density at radius 2 is 2.18 bits per heavy atom. The van der Waals surface area contributed by atoms with Gasteiger partial charge >= 0.3 is 16.1 Å². The van der Waals surface area contributed by atoms with Crippen molar-refractivity contribution < 1.29 is 17.4 Å². The van der Waals surface area contributed by atoms with E-state index in [0.29, 0.717) is 19.4 Å². The van der Waals surface area contributed by atoms with Gasteiger partial charge in [-0.25, -0.2) is 9.80 Å². The van der Waals surface area contributed by atoms with Crippen molar-refractivity contribution in [3.05, 3.63) is 0 Å². The van der Waals surface area contributed by atoms with Gasteiger partial charge in [-0.15, -0.1) is 5.10 Å². The molecule has 17 heavy (non-hydrogen) atoms. The van der Waals surface area contributed by atoms with E-state index in [1.165, 1.54) is 5.01 Å². The summed E-state index contributed by atoms with van der Waals surface area (Å²) >= 11 is 0. The number of amides is 2. The van der Waals surface area contributed by atoms with Crippen molar-refractivity contribution in [2.24, 2.45) is 5.10 Å². The molecular formula is C9H15N3O4S. The summed E-state index contributed by atoms with van der Waals surface area (Å²) in [5.74, 6) is -0.0424. The van der Waals surface area contributed by atoms with Gasteiger partial charge in [0.05, 0.1) is 17.7 Å². The maximum Gasteiger partial charge on any atom is 0.338 e. The summed E-state index contributed by atoms with van der Waals surface area (Å²) in [5.41, 5.74) is -0.570. The summed E-state index contributed by atoms with van der Waals surface area (Å²) in [6.45, 7) is 3.90. The van der Waals surface area contributed by atoms with Crippen LogP contribution in [0.3, 0.4) is 0 Å². The number of fused-ring (bicyclic) bond motifs is 1. The molecule has 7 nitrogen and oxygen atoms in total. The van der Waals surface area contributed by atoms with Gasteiger partial charge in [0.15, 0.2) is 0 Å². The number of nitrogens with one attached hydrogen (secondary N) is 1. The van der Waals surface area contributed by atoms with Gasteiger partial charge in [0.2, 0.25) is 5.90 Å². The van der Waals surface area contributed by atoms with Gasteiger partial charge in [-0.05, 0) is 20.3 Å². The lowest BCUT2D eigenvalue weighted by Gasteiger charge is -2.27. The predicted octanol–water partition coefficient (Wildman–Crippen LogP) is 0.244. The van der Waals surface area contributed by atoms with Gasteiger partial charge in [0, 0.05) is 6.54 Å². The third-order valence-electron chi connectivity index (χ3n) is 2.63. The van der Waals surface area contributed by atoms with Crippen molar-refractivity contribution in [1.82, 2.24) is 10.3 Å². The maximum atomic E-state index is 11.8. The van der Waals surface area contributed by atoms with Gasteiger partial charge in [-0.1, -0.05) is 0 Å². The first-order chi connectivity index (χ1) is 7.80. The third-order valence-corrected chi connectivity index (χ3v) is 3.87. The average molecular weight is 261 g/mol. The Morgan fingerprint density at radius 3 is 2.88 bits per heavy atom. The number of hydrogen-bond acceptors (Lipinski definition) is 5. The first-order valence-corrected chi connectivity index (χ1v) is 6.96. The molecule has 8 heteroatoms. The van der Waals surface area contributed by atoms with Crippen LogP contribution in [0.5, 0.6) is 0 Å². The van der Waals surface area contributed by atoms with E-state index in [0.717, 1.165) is 0 Å². The second-order valence-electron chi connectivity index (χ2n) is 4.73. The largest absolute Gasteiger partial charge is 0.365 e. The highest BCUT2D eigenvalue weighted by atomic mass is 32.2. The van der Waals surface area contributed by atoms with E-state index in [2.05, 4.69) is 10.4 Å². The fourth-order valence-electron chi connectivity index (χ4n) is 1.80. The van der Waals surface area contributed by atoms with Gasteiger partial charge < -0.3 is 9.50 Å². The lowest BCUT2D eigenvalue weighted by Crippen LogP contribution is -2.46. The Labute approximate surface area is 99.9 Å². The first kappa shape index (κ1) is 12.2. The van der Waals surface area contributed by atoms with E-state index in [1.807, 2.05) is 0 Å².